The van der Waals surface area contributed by atoms with Crippen LogP contribution in [0.1, 0.15) is 31.9 Å². The second-order valence-corrected chi connectivity index (χ2v) is 7.45. The van der Waals surface area contributed by atoms with E-state index in [-0.39, 0.29) is 11.4 Å². The van der Waals surface area contributed by atoms with Crippen molar-refractivity contribution in [2.75, 3.05) is 7.11 Å². The van der Waals surface area contributed by atoms with Gasteiger partial charge in [-0.3, -0.25) is 0 Å². The van der Waals surface area contributed by atoms with Gasteiger partial charge in [-0.15, -0.1) is 0 Å². The average molecular weight is 326 g/mol. The fourth-order valence-corrected chi connectivity index (χ4v) is 2.85. The Morgan fingerprint density at radius 3 is 1.96 bits per heavy atom. The number of benzene rings is 2. The Morgan fingerprint density at radius 1 is 0.957 bits per heavy atom. The molecule has 0 unspecified atom stereocenters. The van der Waals surface area contributed by atoms with Crippen molar-refractivity contribution in [2.45, 2.75) is 36.0 Å². The first-order chi connectivity index (χ1) is 10.9. The van der Waals surface area contributed by atoms with Gasteiger partial charge in [0, 0.05) is 15.9 Å². The van der Waals surface area contributed by atoms with Crippen molar-refractivity contribution >= 4 is 23.8 Å². The van der Waals surface area contributed by atoms with Crippen LogP contribution in [0.3, 0.4) is 0 Å². The molecule has 0 aromatic heterocycles. The molecule has 0 bridgehead atoms. The standard InChI is InChI=1S/C20H22O2S/c1-20(2,3)16-8-12-18(13-9-16)23-17-10-5-15(6-11-17)7-14-19(21)22-4/h5-14H,1-4H3. The highest BCUT2D eigenvalue weighted by Crippen LogP contribution is 2.30. The number of rotatable bonds is 4. The molecule has 0 aliphatic carbocycles. The van der Waals surface area contributed by atoms with E-state index in [2.05, 4.69) is 61.9 Å². The van der Waals surface area contributed by atoms with E-state index in [4.69, 9.17) is 0 Å². The first-order valence-electron chi connectivity index (χ1n) is 7.53. The zero-order valence-corrected chi connectivity index (χ0v) is 14.8. The van der Waals surface area contributed by atoms with Crippen LogP contribution in [-0.4, -0.2) is 13.1 Å². The lowest BCUT2D eigenvalue weighted by Crippen LogP contribution is -2.10. The van der Waals surface area contributed by atoms with Crippen molar-refractivity contribution in [3.63, 3.8) is 0 Å². The van der Waals surface area contributed by atoms with Crippen LogP contribution in [0.5, 0.6) is 0 Å². The van der Waals surface area contributed by atoms with E-state index in [1.807, 2.05) is 12.1 Å². The molecule has 2 aromatic rings. The fourth-order valence-electron chi connectivity index (χ4n) is 2.04. The van der Waals surface area contributed by atoms with Gasteiger partial charge in [0.25, 0.3) is 0 Å². The zero-order valence-electron chi connectivity index (χ0n) is 14.0. The maximum atomic E-state index is 11.1. The number of hydrogen-bond donors (Lipinski definition) is 0. The lowest BCUT2D eigenvalue weighted by Gasteiger charge is -2.19. The van der Waals surface area contributed by atoms with Crippen molar-refractivity contribution < 1.29 is 9.53 Å². The van der Waals surface area contributed by atoms with Gasteiger partial charge in [-0.25, -0.2) is 4.79 Å². The number of carbonyl (C=O) groups excluding carboxylic acids is 1. The number of carbonyl (C=O) groups is 1. The SMILES string of the molecule is COC(=O)C=Cc1ccc(Sc2ccc(C(C)(C)C)cc2)cc1. The Hall–Kier alpha value is -2.00. The van der Waals surface area contributed by atoms with E-state index in [1.54, 1.807) is 17.8 Å². The Morgan fingerprint density at radius 2 is 1.48 bits per heavy atom. The smallest absolute Gasteiger partial charge is 0.330 e. The second kappa shape index (κ2) is 7.51. The van der Waals surface area contributed by atoms with Gasteiger partial charge in [0.15, 0.2) is 0 Å². The van der Waals surface area contributed by atoms with Crippen LogP contribution < -0.4 is 0 Å². The minimum atomic E-state index is -0.345. The van der Waals surface area contributed by atoms with Crippen molar-refractivity contribution in [2.24, 2.45) is 0 Å². The monoisotopic (exact) mass is 326 g/mol. The third-order valence-corrected chi connectivity index (χ3v) is 4.46. The van der Waals surface area contributed by atoms with Gasteiger partial charge >= 0.3 is 5.97 Å². The van der Waals surface area contributed by atoms with Gasteiger partial charge in [0.2, 0.25) is 0 Å². The Kier molecular flexibility index (Phi) is 5.67. The second-order valence-electron chi connectivity index (χ2n) is 6.30. The van der Waals surface area contributed by atoms with Gasteiger partial charge in [0.05, 0.1) is 7.11 Å². The molecule has 0 radical (unpaired) electrons. The molecule has 0 spiro atoms. The summed E-state index contributed by atoms with van der Waals surface area (Å²) >= 11 is 1.73. The fraction of sp³-hybridized carbons (Fsp3) is 0.250. The van der Waals surface area contributed by atoms with Crippen molar-refractivity contribution in [1.29, 1.82) is 0 Å². The molecule has 2 aromatic carbocycles. The summed E-state index contributed by atoms with van der Waals surface area (Å²) in [4.78, 5) is 13.5. The topological polar surface area (TPSA) is 26.3 Å². The van der Waals surface area contributed by atoms with Crippen molar-refractivity contribution in [3.8, 4) is 0 Å². The van der Waals surface area contributed by atoms with Gasteiger partial charge in [-0.05, 0) is 46.9 Å². The quantitative estimate of drug-likeness (QED) is 0.562. The highest BCUT2D eigenvalue weighted by atomic mass is 32.2. The first kappa shape index (κ1) is 17.4. The van der Waals surface area contributed by atoms with Crippen LogP contribution in [0.4, 0.5) is 0 Å². The van der Waals surface area contributed by atoms with Crippen LogP contribution in [0, 0.1) is 0 Å². The molecule has 0 heterocycles. The predicted molar refractivity (Wildman–Crippen MR) is 96.8 cm³/mol. The molecular formula is C20H22O2S. The van der Waals surface area contributed by atoms with Crippen LogP contribution in [0.25, 0.3) is 6.08 Å². The van der Waals surface area contributed by atoms with E-state index < -0.39 is 0 Å². The third kappa shape index (κ3) is 5.29. The van der Waals surface area contributed by atoms with Gasteiger partial charge in [-0.1, -0.05) is 56.8 Å². The first-order valence-corrected chi connectivity index (χ1v) is 8.34. The van der Waals surface area contributed by atoms with Gasteiger partial charge in [0.1, 0.15) is 0 Å². The van der Waals surface area contributed by atoms with E-state index >= 15 is 0 Å². The molecule has 120 valence electrons. The summed E-state index contributed by atoms with van der Waals surface area (Å²) in [6.07, 6.45) is 3.17. The summed E-state index contributed by atoms with van der Waals surface area (Å²) < 4.78 is 4.58. The van der Waals surface area contributed by atoms with Gasteiger partial charge in [-0.2, -0.15) is 0 Å². The maximum absolute atomic E-state index is 11.1. The molecule has 2 rings (SSSR count). The highest BCUT2D eigenvalue weighted by molar-refractivity contribution is 7.99. The summed E-state index contributed by atoms with van der Waals surface area (Å²) in [7, 11) is 1.37. The molecule has 0 atom stereocenters. The van der Waals surface area contributed by atoms with Crippen LogP contribution >= 0.6 is 11.8 Å². The highest BCUT2D eigenvalue weighted by Gasteiger charge is 2.12. The van der Waals surface area contributed by atoms with E-state index in [1.165, 1.54) is 28.5 Å². The molecule has 0 N–H and O–H groups in total. The molecule has 0 fully saturated rings. The zero-order chi connectivity index (χ0) is 16.9. The Labute approximate surface area is 142 Å². The van der Waals surface area contributed by atoms with Crippen LogP contribution in [0.2, 0.25) is 0 Å². The molecule has 0 aliphatic heterocycles. The van der Waals surface area contributed by atoms with E-state index in [0.717, 1.165) is 5.56 Å². The molecule has 0 aliphatic rings. The summed E-state index contributed by atoms with van der Waals surface area (Å²) in [5.41, 5.74) is 2.49. The largest absolute Gasteiger partial charge is 0.466 e. The van der Waals surface area contributed by atoms with E-state index in [0.29, 0.717) is 0 Å². The molecule has 0 saturated heterocycles. The summed E-state index contributed by atoms with van der Waals surface area (Å²) in [5, 5.41) is 0. The maximum Gasteiger partial charge on any atom is 0.330 e. The minimum absolute atomic E-state index is 0.177. The van der Waals surface area contributed by atoms with E-state index in [9.17, 15) is 4.79 Å². The number of ether oxygens (including phenoxy) is 1. The summed E-state index contributed by atoms with van der Waals surface area (Å²) in [6.45, 7) is 6.65. The molecule has 0 amide bonds. The molecular weight excluding hydrogens is 304 g/mol. The van der Waals surface area contributed by atoms with Crippen molar-refractivity contribution in [1.82, 2.24) is 0 Å². The molecule has 3 heteroatoms. The lowest BCUT2D eigenvalue weighted by atomic mass is 9.87. The molecule has 2 nitrogen and oxygen atoms in total. The normalized spacial score (nSPS) is 11.7. The average Bonchev–Trinajstić information content (AvgIpc) is 2.53. The number of esters is 1. The Bertz CT molecular complexity index is 677. The van der Waals surface area contributed by atoms with Gasteiger partial charge < -0.3 is 4.74 Å². The Balaban J connectivity index is 2.03. The summed E-state index contributed by atoms with van der Waals surface area (Å²) in [6, 6.07) is 16.8. The predicted octanol–water partition coefficient (Wildman–Crippen LogP) is 5.32. The minimum Gasteiger partial charge on any atom is -0.466 e. The molecule has 23 heavy (non-hydrogen) atoms. The lowest BCUT2D eigenvalue weighted by molar-refractivity contribution is -0.134. The number of methoxy groups -OCH3 is 1. The van der Waals surface area contributed by atoms with Crippen LogP contribution in [0.15, 0.2) is 64.4 Å². The third-order valence-electron chi connectivity index (χ3n) is 3.45. The number of hydrogen-bond acceptors (Lipinski definition) is 3. The summed E-state index contributed by atoms with van der Waals surface area (Å²) in [5.74, 6) is -0.345. The van der Waals surface area contributed by atoms with Crippen LogP contribution in [-0.2, 0) is 14.9 Å². The van der Waals surface area contributed by atoms with Crippen molar-refractivity contribution in [3.05, 3.63) is 65.7 Å². The molecule has 0 saturated carbocycles.